The van der Waals surface area contributed by atoms with Gasteiger partial charge in [0.1, 0.15) is 5.75 Å². The molecular weight excluding hydrogens is 400 g/mol. The maximum absolute atomic E-state index is 12.8. The van der Waals surface area contributed by atoms with Crippen LogP contribution >= 0.6 is 0 Å². The van der Waals surface area contributed by atoms with Crippen molar-refractivity contribution in [1.29, 1.82) is 0 Å². The van der Waals surface area contributed by atoms with Crippen LogP contribution in [0.1, 0.15) is 43.0 Å². The SMILES string of the molecule is COc1ccc(S(=O)(=O)NCc2cc(-c3ccncc3)n(C3CCCC3)n2)cc1C. The van der Waals surface area contributed by atoms with Crippen molar-refractivity contribution >= 4 is 10.0 Å². The molecule has 2 heterocycles. The number of benzene rings is 1. The van der Waals surface area contributed by atoms with Crippen LogP contribution in [-0.2, 0) is 16.6 Å². The Morgan fingerprint density at radius 2 is 1.87 bits per heavy atom. The van der Waals surface area contributed by atoms with E-state index >= 15 is 0 Å². The fourth-order valence-electron chi connectivity index (χ4n) is 3.97. The highest BCUT2D eigenvalue weighted by molar-refractivity contribution is 7.89. The minimum atomic E-state index is -3.66. The zero-order valence-electron chi connectivity index (χ0n) is 17.2. The molecular formula is C22H26N4O3S. The number of sulfonamides is 1. The number of methoxy groups -OCH3 is 1. The molecule has 0 radical (unpaired) electrons. The van der Waals surface area contributed by atoms with E-state index in [9.17, 15) is 8.42 Å². The Morgan fingerprint density at radius 3 is 2.53 bits per heavy atom. The molecule has 0 spiro atoms. The van der Waals surface area contributed by atoms with E-state index in [0.29, 0.717) is 17.5 Å². The van der Waals surface area contributed by atoms with Gasteiger partial charge in [0.05, 0.1) is 36.0 Å². The summed E-state index contributed by atoms with van der Waals surface area (Å²) < 4.78 is 35.5. The van der Waals surface area contributed by atoms with E-state index in [1.54, 1.807) is 37.7 Å². The van der Waals surface area contributed by atoms with Gasteiger partial charge in [0.25, 0.3) is 0 Å². The van der Waals surface area contributed by atoms with Crippen molar-refractivity contribution in [2.24, 2.45) is 0 Å². The molecule has 1 aromatic carbocycles. The van der Waals surface area contributed by atoms with Crippen LogP contribution in [-0.4, -0.2) is 30.3 Å². The highest BCUT2D eigenvalue weighted by atomic mass is 32.2. The zero-order chi connectivity index (χ0) is 21.1. The largest absolute Gasteiger partial charge is 0.496 e. The van der Waals surface area contributed by atoms with Gasteiger partial charge in [-0.1, -0.05) is 12.8 Å². The third kappa shape index (κ3) is 4.24. The van der Waals surface area contributed by atoms with Gasteiger partial charge in [0.15, 0.2) is 0 Å². The molecule has 1 aliphatic rings. The van der Waals surface area contributed by atoms with Crippen molar-refractivity contribution in [3.63, 3.8) is 0 Å². The maximum Gasteiger partial charge on any atom is 0.240 e. The fourth-order valence-corrected chi connectivity index (χ4v) is 5.05. The first-order valence-electron chi connectivity index (χ1n) is 10.1. The van der Waals surface area contributed by atoms with Crippen molar-refractivity contribution in [3.05, 3.63) is 60.0 Å². The molecule has 0 unspecified atom stereocenters. The summed E-state index contributed by atoms with van der Waals surface area (Å²) in [5, 5.41) is 4.76. The summed E-state index contributed by atoms with van der Waals surface area (Å²) in [6.45, 7) is 1.95. The van der Waals surface area contributed by atoms with Crippen LogP contribution in [0.4, 0.5) is 0 Å². The first kappa shape index (κ1) is 20.6. The molecule has 0 aliphatic heterocycles. The molecule has 158 valence electrons. The molecule has 2 aromatic heterocycles. The smallest absolute Gasteiger partial charge is 0.240 e. The molecule has 4 rings (SSSR count). The minimum absolute atomic E-state index is 0.130. The lowest BCUT2D eigenvalue weighted by Gasteiger charge is -2.14. The van der Waals surface area contributed by atoms with Crippen LogP contribution in [0.15, 0.2) is 53.7 Å². The van der Waals surface area contributed by atoms with Crippen LogP contribution in [0.5, 0.6) is 5.75 Å². The molecule has 0 saturated heterocycles. The Morgan fingerprint density at radius 1 is 1.13 bits per heavy atom. The average Bonchev–Trinajstić information content (AvgIpc) is 3.43. The van der Waals surface area contributed by atoms with Gasteiger partial charge in [-0.15, -0.1) is 0 Å². The Bertz CT molecular complexity index is 1120. The van der Waals surface area contributed by atoms with Crippen molar-refractivity contribution in [3.8, 4) is 17.0 Å². The summed E-state index contributed by atoms with van der Waals surface area (Å²) in [5.74, 6) is 0.659. The first-order chi connectivity index (χ1) is 14.5. The zero-order valence-corrected chi connectivity index (χ0v) is 18.0. The van der Waals surface area contributed by atoms with E-state index in [-0.39, 0.29) is 11.4 Å². The predicted molar refractivity (Wildman–Crippen MR) is 115 cm³/mol. The summed E-state index contributed by atoms with van der Waals surface area (Å²) in [6.07, 6.45) is 8.09. The molecule has 1 aliphatic carbocycles. The first-order valence-corrected chi connectivity index (χ1v) is 11.6. The number of aromatic nitrogens is 3. The molecule has 0 atom stereocenters. The van der Waals surface area contributed by atoms with E-state index in [1.165, 1.54) is 12.8 Å². The van der Waals surface area contributed by atoms with E-state index in [2.05, 4.69) is 14.4 Å². The quantitative estimate of drug-likeness (QED) is 0.620. The Labute approximate surface area is 177 Å². The molecule has 7 nitrogen and oxygen atoms in total. The average molecular weight is 427 g/mol. The molecule has 8 heteroatoms. The van der Waals surface area contributed by atoms with Crippen molar-refractivity contribution in [2.45, 2.75) is 50.1 Å². The number of hydrogen-bond donors (Lipinski definition) is 1. The van der Waals surface area contributed by atoms with Crippen LogP contribution in [0.25, 0.3) is 11.3 Å². The van der Waals surface area contributed by atoms with Gasteiger partial charge in [-0.25, -0.2) is 13.1 Å². The van der Waals surface area contributed by atoms with E-state index < -0.39 is 10.0 Å². The normalized spacial score (nSPS) is 14.9. The van der Waals surface area contributed by atoms with Crippen LogP contribution in [0.3, 0.4) is 0 Å². The summed E-state index contributed by atoms with van der Waals surface area (Å²) in [7, 11) is -2.09. The second kappa shape index (κ2) is 8.57. The Hall–Kier alpha value is -2.71. The summed E-state index contributed by atoms with van der Waals surface area (Å²) in [6, 6.07) is 11.1. The number of aryl methyl sites for hydroxylation is 1. The third-order valence-electron chi connectivity index (χ3n) is 5.55. The van der Waals surface area contributed by atoms with Gasteiger partial charge in [-0.3, -0.25) is 9.67 Å². The number of ether oxygens (including phenoxy) is 1. The Balaban J connectivity index is 1.58. The lowest BCUT2D eigenvalue weighted by atomic mass is 10.1. The van der Waals surface area contributed by atoms with Crippen molar-refractivity contribution < 1.29 is 13.2 Å². The van der Waals surface area contributed by atoms with Gasteiger partial charge in [0.2, 0.25) is 10.0 Å². The lowest BCUT2D eigenvalue weighted by molar-refractivity contribution is 0.411. The third-order valence-corrected chi connectivity index (χ3v) is 6.95. The van der Waals surface area contributed by atoms with Gasteiger partial charge in [0, 0.05) is 18.0 Å². The molecule has 1 N–H and O–H groups in total. The van der Waals surface area contributed by atoms with Crippen LogP contribution in [0, 0.1) is 6.92 Å². The van der Waals surface area contributed by atoms with E-state index in [0.717, 1.165) is 29.7 Å². The van der Waals surface area contributed by atoms with Crippen molar-refractivity contribution in [1.82, 2.24) is 19.5 Å². The molecule has 1 fully saturated rings. The number of nitrogens with one attached hydrogen (secondary N) is 1. The number of rotatable bonds is 7. The van der Waals surface area contributed by atoms with Gasteiger partial charge >= 0.3 is 0 Å². The van der Waals surface area contributed by atoms with Crippen LogP contribution in [0.2, 0.25) is 0 Å². The van der Waals surface area contributed by atoms with E-state index in [4.69, 9.17) is 9.84 Å². The minimum Gasteiger partial charge on any atom is -0.496 e. The molecule has 30 heavy (non-hydrogen) atoms. The van der Waals surface area contributed by atoms with Crippen LogP contribution < -0.4 is 9.46 Å². The standard InChI is InChI=1S/C22H26N4O3S/c1-16-13-20(7-8-22(16)29-2)30(27,28)24-15-18-14-21(17-9-11-23-12-10-17)26(25-18)19-5-3-4-6-19/h7-14,19,24H,3-6,15H2,1-2H3. The monoisotopic (exact) mass is 426 g/mol. The van der Waals surface area contributed by atoms with Gasteiger partial charge in [-0.05, 0) is 61.7 Å². The highest BCUT2D eigenvalue weighted by Gasteiger charge is 2.23. The second-order valence-electron chi connectivity index (χ2n) is 7.60. The summed E-state index contributed by atoms with van der Waals surface area (Å²) in [4.78, 5) is 4.31. The molecule has 0 bridgehead atoms. The summed E-state index contributed by atoms with van der Waals surface area (Å²) in [5.41, 5.74) is 3.50. The second-order valence-corrected chi connectivity index (χ2v) is 9.36. The van der Waals surface area contributed by atoms with Gasteiger partial charge in [-0.2, -0.15) is 5.10 Å². The number of hydrogen-bond acceptors (Lipinski definition) is 5. The van der Waals surface area contributed by atoms with Crippen molar-refractivity contribution in [2.75, 3.05) is 7.11 Å². The topological polar surface area (TPSA) is 86.1 Å². The van der Waals surface area contributed by atoms with Gasteiger partial charge < -0.3 is 4.74 Å². The predicted octanol–water partition coefficient (Wildman–Crippen LogP) is 3.86. The molecule has 3 aromatic rings. The number of pyridine rings is 1. The van der Waals surface area contributed by atoms with E-state index in [1.807, 2.05) is 25.1 Å². The fraction of sp³-hybridized carbons (Fsp3) is 0.364. The lowest BCUT2D eigenvalue weighted by Crippen LogP contribution is -2.23. The maximum atomic E-state index is 12.8. The highest BCUT2D eigenvalue weighted by Crippen LogP contribution is 2.33. The summed E-state index contributed by atoms with van der Waals surface area (Å²) >= 11 is 0. The number of nitrogens with zero attached hydrogens (tertiary/aromatic N) is 3. The molecule has 1 saturated carbocycles. The Kier molecular flexibility index (Phi) is 5.87. The molecule has 0 amide bonds.